The maximum absolute atomic E-state index is 10.9. The van der Waals surface area contributed by atoms with Gasteiger partial charge in [0.1, 0.15) is 5.75 Å². The molecule has 5 nitrogen and oxygen atoms in total. The zero-order valence-electron chi connectivity index (χ0n) is 10.3. The second-order valence-electron chi connectivity index (χ2n) is 4.07. The summed E-state index contributed by atoms with van der Waals surface area (Å²) in [5, 5.41) is 13.0. The quantitative estimate of drug-likeness (QED) is 0.917. The lowest BCUT2D eigenvalue weighted by Crippen LogP contribution is -2.03. The van der Waals surface area contributed by atoms with Gasteiger partial charge in [-0.15, -0.1) is 0 Å². The van der Waals surface area contributed by atoms with Crippen LogP contribution in [0.4, 0.5) is 0 Å². The molecular weight excluding hydrogens is 312 g/mol. The number of nitrogens with zero attached hydrogens (tertiary/aromatic N) is 2. The van der Waals surface area contributed by atoms with Gasteiger partial charge in [-0.1, -0.05) is 0 Å². The van der Waals surface area contributed by atoms with Crippen LogP contribution < -0.4 is 4.74 Å². The molecular formula is C13H13BrN2O3. The van der Waals surface area contributed by atoms with Crippen LogP contribution in [0.3, 0.4) is 0 Å². The minimum Gasteiger partial charge on any atom is -0.492 e. The topological polar surface area (TPSA) is 64.3 Å². The van der Waals surface area contributed by atoms with E-state index in [-0.39, 0.29) is 5.56 Å². The van der Waals surface area contributed by atoms with Gasteiger partial charge in [0, 0.05) is 19.7 Å². The van der Waals surface area contributed by atoms with Gasteiger partial charge in [0.2, 0.25) is 0 Å². The van der Waals surface area contributed by atoms with E-state index in [0.29, 0.717) is 12.4 Å². The van der Waals surface area contributed by atoms with E-state index < -0.39 is 5.97 Å². The van der Waals surface area contributed by atoms with Crippen LogP contribution in [0.25, 0.3) is 0 Å². The van der Waals surface area contributed by atoms with Gasteiger partial charge in [0.15, 0.2) is 0 Å². The van der Waals surface area contributed by atoms with Crippen LogP contribution in [0.1, 0.15) is 15.9 Å². The van der Waals surface area contributed by atoms with Gasteiger partial charge in [-0.25, -0.2) is 4.79 Å². The molecule has 6 heteroatoms. The van der Waals surface area contributed by atoms with E-state index in [4.69, 9.17) is 9.84 Å². The fraction of sp³-hybridized carbons (Fsp3) is 0.231. The average molecular weight is 325 g/mol. The van der Waals surface area contributed by atoms with E-state index in [2.05, 4.69) is 21.0 Å². The highest BCUT2D eigenvalue weighted by molar-refractivity contribution is 9.10. The van der Waals surface area contributed by atoms with Crippen LogP contribution in [0, 0.1) is 0 Å². The average Bonchev–Trinajstić information content (AvgIpc) is 2.77. The molecule has 2 rings (SSSR count). The summed E-state index contributed by atoms with van der Waals surface area (Å²) in [6.07, 6.45) is 4.43. The van der Waals surface area contributed by atoms with Crippen molar-refractivity contribution in [1.82, 2.24) is 9.78 Å². The van der Waals surface area contributed by atoms with E-state index in [1.54, 1.807) is 16.9 Å². The number of carbonyl (C=O) groups is 1. The van der Waals surface area contributed by atoms with Crippen LogP contribution in [-0.4, -0.2) is 27.5 Å². The van der Waals surface area contributed by atoms with Crippen molar-refractivity contribution in [3.05, 3.63) is 46.2 Å². The fourth-order valence-electron chi connectivity index (χ4n) is 1.63. The third-order valence-electron chi connectivity index (χ3n) is 2.58. The summed E-state index contributed by atoms with van der Waals surface area (Å²) in [7, 11) is 1.86. The normalized spacial score (nSPS) is 10.4. The van der Waals surface area contributed by atoms with E-state index in [1.165, 1.54) is 12.1 Å². The van der Waals surface area contributed by atoms with Crippen LogP contribution >= 0.6 is 15.9 Å². The van der Waals surface area contributed by atoms with Gasteiger partial charge in [0.25, 0.3) is 0 Å². The van der Waals surface area contributed by atoms with Gasteiger partial charge < -0.3 is 9.84 Å². The maximum atomic E-state index is 10.9. The van der Waals surface area contributed by atoms with Crippen LogP contribution in [-0.2, 0) is 13.5 Å². The van der Waals surface area contributed by atoms with Crippen molar-refractivity contribution in [2.45, 2.75) is 6.42 Å². The molecule has 0 spiro atoms. The molecule has 0 radical (unpaired) electrons. The monoisotopic (exact) mass is 324 g/mol. The smallest absolute Gasteiger partial charge is 0.335 e. The molecule has 0 amide bonds. The van der Waals surface area contributed by atoms with Crippen molar-refractivity contribution >= 4 is 21.9 Å². The SMILES string of the molecule is Cn1cc(CCOc2cc(C(=O)O)ccc2Br)cn1. The van der Waals surface area contributed by atoms with Gasteiger partial charge in [0.05, 0.1) is 22.8 Å². The molecule has 0 unspecified atom stereocenters. The molecule has 1 aromatic carbocycles. The van der Waals surface area contributed by atoms with Crippen molar-refractivity contribution in [3.8, 4) is 5.75 Å². The molecule has 0 aliphatic heterocycles. The first-order valence-electron chi connectivity index (χ1n) is 5.69. The Morgan fingerprint density at radius 2 is 2.32 bits per heavy atom. The highest BCUT2D eigenvalue weighted by atomic mass is 79.9. The van der Waals surface area contributed by atoms with Crippen LogP contribution in [0.5, 0.6) is 5.75 Å². The number of carboxylic acids is 1. The van der Waals surface area contributed by atoms with Crippen molar-refractivity contribution in [2.24, 2.45) is 7.05 Å². The number of hydrogen-bond donors (Lipinski definition) is 1. The minimum absolute atomic E-state index is 0.208. The first-order chi connectivity index (χ1) is 9.06. The predicted octanol–water partition coefficient (Wildman–Crippen LogP) is 2.50. The van der Waals surface area contributed by atoms with E-state index in [1.807, 2.05) is 13.2 Å². The van der Waals surface area contributed by atoms with E-state index in [9.17, 15) is 4.79 Å². The standard InChI is InChI=1S/C13H13BrN2O3/c1-16-8-9(7-15-16)4-5-19-12-6-10(13(17)18)2-3-11(12)14/h2-3,6-8H,4-5H2,1H3,(H,17,18). The van der Waals surface area contributed by atoms with Crippen LogP contribution in [0.2, 0.25) is 0 Å². The summed E-state index contributed by atoms with van der Waals surface area (Å²) in [6.45, 7) is 0.466. The van der Waals surface area contributed by atoms with Crippen molar-refractivity contribution in [2.75, 3.05) is 6.61 Å². The number of rotatable bonds is 5. The molecule has 100 valence electrons. The molecule has 0 atom stereocenters. The van der Waals surface area contributed by atoms with Gasteiger partial charge >= 0.3 is 5.97 Å². The Morgan fingerprint density at radius 1 is 1.53 bits per heavy atom. The Labute approximate surface area is 118 Å². The first kappa shape index (κ1) is 13.6. The highest BCUT2D eigenvalue weighted by Crippen LogP contribution is 2.26. The molecule has 0 saturated carbocycles. The Balaban J connectivity index is 1.99. The number of carboxylic acid groups (broad SMARTS) is 1. The van der Waals surface area contributed by atoms with Crippen molar-refractivity contribution in [1.29, 1.82) is 0 Å². The molecule has 1 heterocycles. The Morgan fingerprint density at radius 3 is 2.95 bits per heavy atom. The summed E-state index contributed by atoms with van der Waals surface area (Å²) < 4.78 is 8.07. The molecule has 0 aliphatic rings. The van der Waals surface area contributed by atoms with Gasteiger partial charge in [-0.3, -0.25) is 4.68 Å². The third-order valence-corrected chi connectivity index (χ3v) is 3.24. The largest absolute Gasteiger partial charge is 0.492 e. The van der Waals surface area contributed by atoms with Gasteiger partial charge in [-0.05, 0) is 39.7 Å². The lowest BCUT2D eigenvalue weighted by Gasteiger charge is -2.08. The Hall–Kier alpha value is -1.82. The number of aryl methyl sites for hydroxylation is 1. The summed E-state index contributed by atoms with van der Waals surface area (Å²) in [6, 6.07) is 4.71. The second kappa shape index (κ2) is 5.88. The Kier molecular flexibility index (Phi) is 4.21. The number of halogens is 1. The lowest BCUT2D eigenvalue weighted by molar-refractivity contribution is 0.0696. The predicted molar refractivity (Wildman–Crippen MR) is 73.5 cm³/mol. The van der Waals surface area contributed by atoms with E-state index >= 15 is 0 Å². The van der Waals surface area contributed by atoms with Gasteiger partial charge in [-0.2, -0.15) is 5.10 Å². The number of hydrogen-bond acceptors (Lipinski definition) is 3. The summed E-state index contributed by atoms with van der Waals surface area (Å²) in [5.74, 6) is -0.437. The van der Waals surface area contributed by atoms with E-state index in [0.717, 1.165) is 16.5 Å². The molecule has 2 aromatic rings. The zero-order chi connectivity index (χ0) is 13.8. The summed E-state index contributed by atoms with van der Waals surface area (Å²) in [4.78, 5) is 10.9. The molecule has 19 heavy (non-hydrogen) atoms. The maximum Gasteiger partial charge on any atom is 0.335 e. The lowest BCUT2D eigenvalue weighted by atomic mass is 10.2. The minimum atomic E-state index is -0.968. The van der Waals surface area contributed by atoms with Crippen LogP contribution in [0.15, 0.2) is 35.1 Å². The molecule has 1 aromatic heterocycles. The molecule has 0 fully saturated rings. The summed E-state index contributed by atoms with van der Waals surface area (Å²) >= 11 is 3.34. The fourth-order valence-corrected chi connectivity index (χ4v) is 1.99. The highest BCUT2D eigenvalue weighted by Gasteiger charge is 2.08. The third kappa shape index (κ3) is 3.57. The van der Waals surface area contributed by atoms with Crippen molar-refractivity contribution in [3.63, 3.8) is 0 Å². The number of aromatic carboxylic acids is 1. The number of aromatic nitrogens is 2. The molecule has 0 bridgehead atoms. The number of ether oxygens (including phenoxy) is 1. The van der Waals surface area contributed by atoms with Crippen molar-refractivity contribution < 1.29 is 14.6 Å². The molecule has 0 saturated heterocycles. The molecule has 0 aliphatic carbocycles. The number of benzene rings is 1. The molecule has 1 N–H and O–H groups in total. The summed E-state index contributed by atoms with van der Waals surface area (Å²) in [5.41, 5.74) is 1.28. The second-order valence-corrected chi connectivity index (χ2v) is 4.93. The first-order valence-corrected chi connectivity index (χ1v) is 6.49. The zero-order valence-corrected chi connectivity index (χ0v) is 11.9. The Bertz CT molecular complexity index is 595.